The average molecular weight is 109 g/mol. The van der Waals surface area contributed by atoms with Gasteiger partial charge in [0.2, 0.25) is 0 Å². The number of hydrogen-bond donors (Lipinski definition) is 0. The highest BCUT2D eigenvalue weighted by Gasteiger charge is 1.92. The van der Waals surface area contributed by atoms with E-state index in [-0.39, 0.29) is 0 Å². The Morgan fingerprint density at radius 1 is 1.17 bits per heavy atom. The fraction of sp³-hybridized carbons (Fsp3) is 0. The molecule has 3 radical (unpaired) electrons. The zero-order chi connectivity index (χ0) is 5.15. The summed E-state index contributed by atoms with van der Waals surface area (Å²) in [6.07, 6.45) is -2.33. The lowest BCUT2D eigenvalue weighted by Gasteiger charge is -1.73. The third kappa shape index (κ3) is 2.01. The minimum atomic E-state index is -2.33. The van der Waals surface area contributed by atoms with E-state index in [9.17, 15) is 13.2 Å². The van der Waals surface area contributed by atoms with E-state index in [4.69, 9.17) is 0 Å². The van der Waals surface area contributed by atoms with Crippen molar-refractivity contribution < 1.29 is 13.2 Å². The minimum Gasteiger partial charge on any atom is -0.212 e. The van der Waals surface area contributed by atoms with Gasteiger partial charge in [-0.1, -0.05) is 0 Å². The van der Waals surface area contributed by atoms with E-state index in [0.717, 1.165) is 0 Å². The Bertz CT molecular complexity index is 58.9. The van der Waals surface area contributed by atoms with Gasteiger partial charge in [-0.3, -0.25) is 0 Å². The van der Waals surface area contributed by atoms with Crippen molar-refractivity contribution in [3.8, 4) is 0 Å². The Morgan fingerprint density at radius 2 is 1.33 bits per heavy atom. The van der Waals surface area contributed by atoms with Crippen LogP contribution in [0.5, 0.6) is 0 Å². The lowest BCUT2D eigenvalue weighted by Crippen LogP contribution is -1.67. The third-order valence-corrected chi connectivity index (χ3v) is 0.355. The summed E-state index contributed by atoms with van der Waals surface area (Å²) in [5, 5.41) is 0. The Hall–Kier alpha value is -0.253. The predicted octanol–water partition coefficient (Wildman–Crippen LogP) is 1.19. The molecular weight excluding hydrogens is 109 g/mol. The fourth-order valence-electron chi connectivity index (χ4n) is 0. The second-order valence-corrected chi connectivity index (χ2v) is 1.01. The van der Waals surface area contributed by atoms with Gasteiger partial charge in [0.1, 0.15) is 15.7 Å². The SMILES string of the molecule is FC(F)=C(F)[Si]. The van der Waals surface area contributed by atoms with Crippen LogP contribution in [0.2, 0.25) is 0 Å². The van der Waals surface area contributed by atoms with Crippen LogP contribution in [-0.2, 0) is 0 Å². The predicted molar refractivity (Wildman–Crippen MR) is 16.1 cm³/mol. The van der Waals surface area contributed by atoms with Crippen LogP contribution in [0.1, 0.15) is 0 Å². The van der Waals surface area contributed by atoms with Crippen LogP contribution in [0.25, 0.3) is 0 Å². The second-order valence-electron chi connectivity index (χ2n) is 0.574. The van der Waals surface area contributed by atoms with Crippen molar-refractivity contribution in [1.29, 1.82) is 0 Å². The summed E-state index contributed by atoms with van der Waals surface area (Å²) in [4.78, 5) is 0. The highest BCUT2D eigenvalue weighted by atomic mass is 28.1. The minimum absolute atomic E-state index is 1.60. The van der Waals surface area contributed by atoms with Gasteiger partial charge in [0.05, 0.1) is 0 Å². The Morgan fingerprint density at radius 3 is 1.33 bits per heavy atom. The normalized spacial score (nSPS) is 8.00. The highest BCUT2D eigenvalue weighted by molar-refractivity contribution is 6.20. The summed E-state index contributed by atoms with van der Waals surface area (Å²) in [6, 6.07) is 0. The summed E-state index contributed by atoms with van der Waals surface area (Å²) in [5.41, 5.74) is -1.60. The molecule has 0 rings (SSSR count). The summed E-state index contributed by atoms with van der Waals surface area (Å²) >= 11 is 0. The molecule has 0 aliphatic rings. The van der Waals surface area contributed by atoms with E-state index >= 15 is 0 Å². The monoisotopic (exact) mass is 109 g/mol. The van der Waals surface area contributed by atoms with Crippen LogP contribution in [0.15, 0.2) is 11.5 Å². The molecule has 6 heavy (non-hydrogen) atoms. The lowest BCUT2D eigenvalue weighted by molar-refractivity contribution is 0.393. The molecule has 33 valence electrons. The zero-order valence-corrected chi connectivity index (χ0v) is 3.63. The molecule has 0 aliphatic carbocycles. The van der Waals surface area contributed by atoms with Gasteiger partial charge in [-0.15, -0.1) is 0 Å². The molecule has 0 spiro atoms. The maximum Gasteiger partial charge on any atom is 0.295 e. The standard InChI is InChI=1S/C2F3Si/c3-1(4)2(5)6. The van der Waals surface area contributed by atoms with Gasteiger partial charge in [-0.05, 0) is 0 Å². The molecule has 4 heteroatoms. The maximum absolute atomic E-state index is 10.9. The van der Waals surface area contributed by atoms with Gasteiger partial charge >= 0.3 is 0 Å². The van der Waals surface area contributed by atoms with Crippen LogP contribution in [0.3, 0.4) is 0 Å². The first kappa shape index (κ1) is 5.75. The summed E-state index contributed by atoms with van der Waals surface area (Å²) in [7, 11) is 1.95. The topological polar surface area (TPSA) is 0 Å². The molecule has 0 unspecified atom stereocenters. The molecule has 0 nitrogen and oxygen atoms in total. The van der Waals surface area contributed by atoms with E-state index in [1.165, 1.54) is 0 Å². The molecule has 0 N–H and O–H groups in total. The molecule has 0 bridgehead atoms. The second kappa shape index (κ2) is 2.02. The Balaban J connectivity index is 3.68. The fourth-order valence-corrected chi connectivity index (χ4v) is 0. The van der Waals surface area contributed by atoms with Crippen LogP contribution in [0, 0.1) is 0 Å². The molecule has 0 aromatic rings. The van der Waals surface area contributed by atoms with E-state index in [0.29, 0.717) is 0 Å². The van der Waals surface area contributed by atoms with Crippen molar-refractivity contribution in [3.05, 3.63) is 11.5 Å². The molecule has 0 aromatic heterocycles. The first-order valence-electron chi connectivity index (χ1n) is 1.07. The zero-order valence-electron chi connectivity index (χ0n) is 2.63. The molecule has 0 fully saturated rings. The summed E-state index contributed by atoms with van der Waals surface area (Å²) in [6.45, 7) is 0. The van der Waals surface area contributed by atoms with Crippen molar-refractivity contribution >= 4 is 10.2 Å². The Kier molecular flexibility index (Phi) is 1.93. The molecule has 0 amide bonds. The van der Waals surface area contributed by atoms with E-state index in [1.54, 1.807) is 0 Å². The van der Waals surface area contributed by atoms with Crippen LogP contribution >= 0.6 is 0 Å². The largest absolute Gasteiger partial charge is 0.295 e. The van der Waals surface area contributed by atoms with Gasteiger partial charge in [-0.2, -0.15) is 8.78 Å². The third-order valence-electron chi connectivity index (χ3n) is 0.166. The van der Waals surface area contributed by atoms with Crippen LogP contribution in [-0.4, -0.2) is 10.2 Å². The van der Waals surface area contributed by atoms with Crippen molar-refractivity contribution in [3.63, 3.8) is 0 Å². The molecule has 0 aliphatic heterocycles. The first-order valence-corrected chi connectivity index (χ1v) is 1.57. The Labute approximate surface area is 36.1 Å². The summed E-state index contributed by atoms with van der Waals surface area (Å²) < 4.78 is 32.1. The smallest absolute Gasteiger partial charge is 0.212 e. The lowest BCUT2D eigenvalue weighted by atomic mass is 11.1. The number of halogens is 3. The molecule has 0 saturated heterocycles. The molecule has 0 aromatic carbocycles. The number of hydrogen-bond acceptors (Lipinski definition) is 0. The molecular formula is C2F3Si. The van der Waals surface area contributed by atoms with Crippen molar-refractivity contribution in [2.45, 2.75) is 0 Å². The molecule has 0 atom stereocenters. The van der Waals surface area contributed by atoms with Crippen molar-refractivity contribution in [2.24, 2.45) is 0 Å². The highest BCUT2D eigenvalue weighted by Crippen LogP contribution is 2.02. The van der Waals surface area contributed by atoms with E-state index in [1.807, 2.05) is 10.2 Å². The first-order chi connectivity index (χ1) is 2.64. The van der Waals surface area contributed by atoms with Gasteiger partial charge in [-0.25, -0.2) is 4.39 Å². The van der Waals surface area contributed by atoms with Gasteiger partial charge in [0.15, 0.2) is 0 Å². The maximum atomic E-state index is 10.9. The van der Waals surface area contributed by atoms with Gasteiger partial charge < -0.3 is 0 Å². The van der Waals surface area contributed by atoms with Gasteiger partial charge in [0.25, 0.3) is 6.08 Å². The summed E-state index contributed by atoms with van der Waals surface area (Å²) in [5.74, 6) is 0. The van der Waals surface area contributed by atoms with Crippen LogP contribution < -0.4 is 0 Å². The molecule has 0 saturated carbocycles. The average Bonchev–Trinajstić information content (AvgIpc) is 1.36. The number of rotatable bonds is 0. The van der Waals surface area contributed by atoms with E-state index in [2.05, 4.69) is 0 Å². The quantitative estimate of drug-likeness (QED) is 0.410. The van der Waals surface area contributed by atoms with Gasteiger partial charge in [0, 0.05) is 0 Å². The van der Waals surface area contributed by atoms with Crippen molar-refractivity contribution in [1.82, 2.24) is 0 Å². The van der Waals surface area contributed by atoms with Crippen molar-refractivity contribution in [2.75, 3.05) is 0 Å². The van der Waals surface area contributed by atoms with E-state index < -0.39 is 11.5 Å². The molecule has 0 heterocycles. The van der Waals surface area contributed by atoms with Crippen LogP contribution in [0.4, 0.5) is 13.2 Å².